The first kappa shape index (κ1) is 23.4. The van der Waals surface area contributed by atoms with E-state index in [2.05, 4.69) is 12.1 Å². The Balaban J connectivity index is 1.32. The molecule has 0 aromatic carbocycles. The van der Waals surface area contributed by atoms with Crippen LogP contribution in [-0.4, -0.2) is 43.4 Å². The highest BCUT2D eigenvalue weighted by molar-refractivity contribution is 6.20. The summed E-state index contributed by atoms with van der Waals surface area (Å²) in [6.07, 6.45) is 11.0. The number of esters is 1. The fraction of sp³-hybridized carbons (Fsp3) is 0.760. The lowest BCUT2D eigenvalue weighted by atomic mass is 9.79. The molecule has 0 amide bonds. The van der Waals surface area contributed by atoms with Crippen molar-refractivity contribution in [3.63, 3.8) is 0 Å². The molecule has 4 atom stereocenters. The van der Waals surface area contributed by atoms with E-state index in [1.807, 2.05) is 0 Å². The molecule has 1 aliphatic heterocycles. The molecule has 0 aromatic heterocycles. The third kappa shape index (κ3) is 5.61. The molecular formula is C25H34ClNO5. The summed E-state index contributed by atoms with van der Waals surface area (Å²) in [5, 5.41) is 9.96. The fourth-order valence-corrected chi connectivity index (χ4v) is 5.65. The van der Waals surface area contributed by atoms with Crippen LogP contribution >= 0.6 is 11.6 Å². The third-order valence-corrected chi connectivity index (χ3v) is 7.74. The van der Waals surface area contributed by atoms with Gasteiger partial charge in [0.1, 0.15) is 24.2 Å². The first-order valence-corrected chi connectivity index (χ1v) is 12.5. The third-order valence-electron chi connectivity index (χ3n) is 7.31. The van der Waals surface area contributed by atoms with Crippen LogP contribution in [0.15, 0.2) is 23.2 Å². The number of methoxy groups -OCH3 is 1. The summed E-state index contributed by atoms with van der Waals surface area (Å²) in [6, 6.07) is 2.43. The Labute approximate surface area is 195 Å². The van der Waals surface area contributed by atoms with Crippen molar-refractivity contribution in [2.24, 2.45) is 11.8 Å². The van der Waals surface area contributed by atoms with Gasteiger partial charge in [0.25, 0.3) is 0 Å². The molecule has 2 fully saturated rings. The Morgan fingerprint density at radius 1 is 1.09 bits per heavy atom. The minimum atomic E-state index is -0.704. The van der Waals surface area contributed by atoms with Gasteiger partial charge >= 0.3 is 5.97 Å². The minimum Gasteiger partial charge on any atom is -0.490 e. The summed E-state index contributed by atoms with van der Waals surface area (Å²) in [4.78, 5) is 12.8. The molecule has 4 aliphatic rings. The zero-order valence-electron chi connectivity index (χ0n) is 18.9. The minimum absolute atomic E-state index is 0.193. The van der Waals surface area contributed by atoms with Crippen molar-refractivity contribution in [3.05, 3.63) is 23.2 Å². The molecule has 7 heteroatoms. The van der Waals surface area contributed by atoms with Crippen LogP contribution in [-0.2, 0) is 23.7 Å². The van der Waals surface area contributed by atoms with E-state index in [4.69, 9.17) is 30.5 Å². The van der Waals surface area contributed by atoms with Crippen LogP contribution in [0.3, 0.4) is 0 Å². The van der Waals surface area contributed by atoms with Crippen LogP contribution in [0.2, 0.25) is 0 Å². The SMILES string of the molecule is COC1CC(/C=C(\C#N)C2CCC(Cl)CC2)CCC1OC(=O)C1COC2=C(CCCC2)O1. The van der Waals surface area contributed by atoms with Crippen molar-refractivity contribution in [1.29, 1.82) is 5.26 Å². The van der Waals surface area contributed by atoms with Gasteiger partial charge in [0.15, 0.2) is 0 Å². The van der Waals surface area contributed by atoms with E-state index in [0.717, 1.165) is 81.3 Å². The second-order valence-electron chi connectivity index (χ2n) is 9.48. The molecule has 4 rings (SSSR count). The van der Waals surface area contributed by atoms with Crippen LogP contribution < -0.4 is 0 Å². The Bertz CT molecular complexity index is 780. The summed E-state index contributed by atoms with van der Waals surface area (Å²) in [5.41, 5.74) is 0.883. The monoisotopic (exact) mass is 463 g/mol. The Kier molecular flexibility index (Phi) is 8.02. The van der Waals surface area contributed by atoms with Gasteiger partial charge in [-0.3, -0.25) is 0 Å². The number of allylic oxidation sites excluding steroid dienone is 4. The summed E-state index contributed by atoms with van der Waals surface area (Å²) in [7, 11) is 1.66. The first-order valence-electron chi connectivity index (χ1n) is 12.1. The molecule has 1 heterocycles. The Hall–Kier alpha value is -1.71. The average Bonchev–Trinajstić information content (AvgIpc) is 2.83. The molecule has 32 heavy (non-hydrogen) atoms. The maximum absolute atomic E-state index is 12.8. The van der Waals surface area contributed by atoms with E-state index in [-0.39, 0.29) is 36.1 Å². The van der Waals surface area contributed by atoms with Crippen molar-refractivity contribution >= 4 is 17.6 Å². The van der Waals surface area contributed by atoms with E-state index < -0.39 is 6.10 Å². The van der Waals surface area contributed by atoms with Gasteiger partial charge in [0, 0.05) is 30.9 Å². The summed E-state index contributed by atoms with van der Waals surface area (Å²) in [5.74, 6) is 1.90. The number of nitriles is 1. The standard InChI is InChI=1S/C25H34ClNO5/c1-29-23-13-16(12-18(14-27)17-7-9-19(26)10-8-17)6-11-22(23)32-25(28)24-15-30-20-4-2-3-5-21(20)31-24/h12,16-17,19,22-24H,2-11,13,15H2,1H3/b18-12+. The largest absolute Gasteiger partial charge is 0.490 e. The van der Waals surface area contributed by atoms with Crippen molar-refractivity contribution < 1.29 is 23.7 Å². The molecular weight excluding hydrogens is 430 g/mol. The van der Waals surface area contributed by atoms with Crippen LogP contribution in [0.1, 0.15) is 70.6 Å². The number of nitrogens with zero attached hydrogens (tertiary/aromatic N) is 1. The quantitative estimate of drug-likeness (QED) is 0.318. The van der Waals surface area contributed by atoms with Crippen molar-refractivity contribution in [3.8, 4) is 6.07 Å². The molecule has 3 aliphatic carbocycles. The van der Waals surface area contributed by atoms with Crippen molar-refractivity contribution in [2.45, 2.75) is 94.3 Å². The molecule has 4 unspecified atom stereocenters. The topological polar surface area (TPSA) is 77.8 Å². The van der Waals surface area contributed by atoms with Gasteiger partial charge in [-0.2, -0.15) is 5.26 Å². The fourth-order valence-electron chi connectivity index (χ4n) is 5.40. The maximum Gasteiger partial charge on any atom is 0.351 e. The van der Waals surface area contributed by atoms with E-state index in [9.17, 15) is 10.1 Å². The van der Waals surface area contributed by atoms with Gasteiger partial charge in [-0.1, -0.05) is 6.08 Å². The Morgan fingerprint density at radius 2 is 1.84 bits per heavy atom. The van der Waals surface area contributed by atoms with Gasteiger partial charge in [-0.15, -0.1) is 11.6 Å². The molecule has 6 nitrogen and oxygen atoms in total. The average molecular weight is 464 g/mol. The lowest BCUT2D eigenvalue weighted by Gasteiger charge is -2.36. The van der Waals surface area contributed by atoms with E-state index in [1.54, 1.807) is 7.11 Å². The molecule has 0 bridgehead atoms. The second-order valence-corrected chi connectivity index (χ2v) is 10.1. The van der Waals surface area contributed by atoms with Crippen LogP contribution in [0.25, 0.3) is 0 Å². The lowest BCUT2D eigenvalue weighted by Crippen LogP contribution is -2.43. The van der Waals surface area contributed by atoms with Gasteiger partial charge in [0.05, 0.1) is 12.2 Å². The highest BCUT2D eigenvalue weighted by Gasteiger charge is 2.37. The predicted molar refractivity (Wildman–Crippen MR) is 120 cm³/mol. The Morgan fingerprint density at radius 3 is 2.56 bits per heavy atom. The molecule has 0 N–H and O–H groups in total. The summed E-state index contributed by atoms with van der Waals surface area (Å²) < 4.78 is 23.2. The number of carbonyl (C=O) groups is 1. The van der Waals surface area contributed by atoms with Gasteiger partial charge in [-0.25, -0.2) is 4.79 Å². The van der Waals surface area contributed by atoms with E-state index in [1.165, 1.54) is 0 Å². The predicted octanol–water partition coefficient (Wildman–Crippen LogP) is 5.16. The van der Waals surface area contributed by atoms with Crippen LogP contribution in [0.5, 0.6) is 0 Å². The van der Waals surface area contributed by atoms with Crippen molar-refractivity contribution in [2.75, 3.05) is 13.7 Å². The number of hydrogen-bond acceptors (Lipinski definition) is 6. The van der Waals surface area contributed by atoms with Gasteiger partial charge in [-0.05, 0) is 69.6 Å². The highest BCUT2D eigenvalue weighted by atomic mass is 35.5. The first-order chi connectivity index (χ1) is 15.6. The molecule has 2 saturated carbocycles. The normalized spacial score (nSPS) is 35.7. The zero-order valence-corrected chi connectivity index (χ0v) is 19.6. The molecule has 176 valence electrons. The van der Waals surface area contributed by atoms with Gasteiger partial charge < -0.3 is 18.9 Å². The lowest BCUT2D eigenvalue weighted by molar-refractivity contribution is -0.176. The number of alkyl halides is 1. The number of hydrogen-bond donors (Lipinski definition) is 0. The maximum atomic E-state index is 12.8. The van der Waals surface area contributed by atoms with Crippen molar-refractivity contribution in [1.82, 2.24) is 0 Å². The van der Waals surface area contributed by atoms with Gasteiger partial charge in [0.2, 0.25) is 6.10 Å². The highest BCUT2D eigenvalue weighted by Crippen LogP contribution is 2.36. The summed E-state index contributed by atoms with van der Waals surface area (Å²) in [6.45, 7) is 0.212. The second kappa shape index (κ2) is 10.9. The zero-order chi connectivity index (χ0) is 22.5. The number of carbonyl (C=O) groups excluding carboxylic acids is 1. The number of halogens is 1. The molecule has 0 aromatic rings. The van der Waals surface area contributed by atoms with E-state index >= 15 is 0 Å². The van der Waals surface area contributed by atoms with Crippen LogP contribution in [0, 0.1) is 23.2 Å². The summed E-state index contributed by atoms with van der Waals surface area (Å²) >= 11 is 6.23. The van der Waals surface area contributed by atoms with Crippen LogP contribution in [0.4, 0.5) is 0 Å². The number of rotatable bonds is 5. The molecule has 0 saturated heterocycles. The molecule has 0 radical (unpaired) electrons. The molecule has 0 spiro atoms. The number of ether oxygens (including phenoxy) is 4. The smallest absolute Gasteiger partial charge is 0.351 e. The van der Waals surface area contributed by atoms with E-state index in [0.29, 0.717) is 12.3 Å².